The van der Waals surface area contributed by atoms with Gasteiger partial charge in [-0.05, 0) is 34.1 Å². The predicted octanol–water partition coefficient (Wildman–Crippen LogP) is 4.06. The molecule has 2 aromatic rings. The predicted molar refractivity (Wildman–Crippen MR) is 76.2 cm³/mol. The molecular formula is C15H10BrF2NO2. The first-order chi connectivity index (χ1) is 10.1. The molecule has 0 aromatic heterocycles. The van der Waals surface area contributed by atoms with Gasteiger partial charge in [-0.15, -0.1) is 0 Å². The fourth-order valence-corrected chi connectivity index (χ4v) is 2.17. The number of para-hydroxylation sites is 1. The molecule has 2 rings (SSSR count). The van der Waals surface area contributed by atoms with Gasteiger partial charge in [0.1, 0.15) is 30.8 Å². The molecule has 21 heavy (non-hydrogen) atoms. The van der Waals surface area contributed by atoms with E-state index in [0.717, 1.165) is 12.1 Å². The van der Waals surface area contributed by atoms with E-state index in [1.807, 2.05) is 6.07 Å². The molecule has 0 spiro atoms. The van der Waals surface area contributed by atoms with E-state index >= 15 is 0 Å². The van der Waals surface area contributed by atoms with Crippen molar-refractivity contribution >= 4 is 15.9 Å². The molecule has 0 fully saturated rings. The third kappa shape index (κ3) is 3.92. The molecule has 0 saturated carbocycles. The van der Waals surface area contributed by atoms with Gasteiger partial charge in [0.05, 0.1) is 10.0 Å². The second-order valence-electron chi connectivity index (χ2n) is 4.00. The van der Waals surface area contributed by atoms with Crippen LogP contribution >= 0.6 is 15.9 Å². The van der Waals surface area contributed by atoms with E-state index in [-0.39, 0.29) is 23.4 Å². The van der Waals surface area contributed by atoms with Gasteiger partial charge in [0.25, 0.3) is 0 Å². The Bertz CT molecular complexity index is 663. The average Bonchev–Trinajstić information content (AvgIpc) is 2.45. The Hall–Kier alpha value is -2.13. The molecule has 0 atom stereocenters. The van der Waals surface area contributed by atoms with Crippen LogP contribution in [0.2, 0.25) is 0 Å². The first kappa shape index (κ1) is 15.3. The maximum atomic E-state index is 13.5. The van der Waals surface area contributed by atoms with Crippen molar-refractivity contribution in [3.05, 3.63) is 58.1 Å². The van der Waals surface area contributed by atoms with Crippen LogP contribution in [-0.4, -0.2) is 13.2 Å². The highest BCUT2D eigenvalue weighted by Gasteiger charge is 2.11. The number of nitrogens with zero attached hydrogens (tertiary/aromatic N) is 1. The number of benzene rings is 2. The summed E-state index contributed by atoms with van der Waals surface area (Å²) in [6.07, 6.45) is 0. The molecule has 0 bridgehead atoms. The lowest BCUT2D eigenvalue weighted by atomic mass is 10.2. The van der Waals surface area contributed by atoms with Gasteiger partial charge in [-0.2, -0.15) is 5.26 Å². The molecule has 0 saturated heterocycles. The number of nitriles is 1. The first-order valence-corrected chi connectivity index (χ1v) is 6.80. The van der Waals surface area contributed by atoms with E-state index in [2.05, 4.69) is 15.9 Å². The van der Waals surface area contributed by atoms with E-state index < -0.39 is 11.6 Å². The summed E-state index contributed by atoms with van der Waals surface area (Å²) in [6.45, 7) is 0.183. The maximum absolute atomic E-state index is 13.5. The van der Waals surface area contributed by atoms with Crippen molar-refractivity contribution < 1.29 is 18.3 Å². The van der Waals surface area contributed by atoms with Crippen LogP contribution in [0.5, 0.6) is 11.5 Å². The zero-order chi connectivity index (χ0) is 15.2. The smallest absolute Gasteiger partial charge is 0.169 e. The number of ether oxygens (including phenoxy) is 2. The molecule has 0 aliphatic heterocycles. The Morgan fingerprint density at radius 2 is 1.81 bits per heavy atom. The number of hydrogen-bond donors (Lipinski definition) is 0. The summed E-state index contributed by atoms with van der Waals surface area (Å²) in [7, 11) is 0. The second-order valence-corrected chi connectivity index (χ2v) is 4.86. The van der Waals surface area contributed by atoms with Crippen LogP contribution < -0.4 is 9.47 Å². The molecule has 2 aromatic carbocycles. The fraction of sp³-hybridized carbons (Fsp3) is 0.133. The lowest BCUT2D eigenvalue weighted by Crippen LogP contribution is -2.10. The van der Waals surface area contributed by atoms with Gasteiger partial charge in [0.15, 0.2) is 11.6 Å². The molecule has 3 nitrogen and oxygen atoms in total. The largest absolute Gasteiger partial charge is 0.489 e. The van der Waals surface area contributed by atoms with Crippen molar-refractivity contribution in [2.45, 2.75) is 0 Å². The summed E-state index contributed by atoms with van der Waals surface area (Å²) in [5.41, 5.74) is 0.409. The summed E-state index contributed by atoms with van der Waals surface area (Å²) in [6, 6.07) is 10.6. The molecule has 0 aliphatic carbocycles. The van der Waals surface area contributed by atoms with Crippen LogP contribution in [0.3, 0.4) is 0 Å². The lowest BCUT2D eigenvalue weighted by molar-refractivity contribution is 0.210. The van der Waals surface area contributed by atoms with Crippen molar-refractivity contribution in [3.63, 3.8) is 0 Å². The highest BCUT2D eigenvalue weighted by molar-refractivity contribution is 9.10. The van der Waals surface area contributed by atoms with Crippen molar-refractivity contribution in [1.82, 2.24) is 0 Å². The molecule has 0 radical (unpaired) electrons. The van der Waals surface area contributed by atoms with E-state index in [4.69, 9.17) is 14.7 Å². The first-order valence-electron chi connectivity index (χ1n) is 6.01. The molecule has 6 heteroatoms. The standard InChI is InChI=1S/C15H10BrF2NO2/c16-12-7-11(17)8-13(18)15(12)21-6-5-20-14-4-2-1-3-10(14)9-19/h1-4,7-8H,5-6H2. The Balaban J connectivity index is 1.93. The third-order valence-corrected chi connectivity index (χ3v) is 3.15. The van der Waals surface area contributed by atoms with Gasteiger partial charge >= 0.3 is 0 Å². The minimum atomic E-state index is -0.792. The van der Waals surface area contributed by atoms with Gasteiger partial charge < -0.3 is 9.47 Å². The van der Waals surface area contributed by atoms with Gasteiger partial charge in [-0.3, -0.25) is 0 Å². The second kappa shape index (κ2) is 7.04. The van der Waals surface area contributed by atoms with Gasteiger partial charge in [0, 0.05) is 6.07 Å². The zero-order valence-corrected chi connectivity index (χ0v) is 12.4. The van der Waals surface area contributed by atoms with Crippen molar-refractivity contribution in [2.75, 3.05) is 13.2 Å². The Morgan fingerprint density at radius 1 is 1.10 bits per heavy atom. The minimum absolute atomic E-state index is 0.0565. The molecular weight excluding hydrogens is 344 g/mol. The third-order valence-electron chi connectivity index (χ3n) is 2.56. The quantitative estimate of drug-likeness (QED) is 0.761. The highest BCUT2D eigenvalue weighted by atomic mass is 79.9. The Labute approximate surface area is 128 Å². The minimum Gasteiger partial charge on any atom is -0.489 e. The number of rotatable bonds is 5. The maximum Gasteiger partial charge on any atom is 0.169 e. The summed E-state index contributed by atoms with van der Waals surface area (Å²) in [5.74, 6) is -1.12. The normalized spacial score (nSPS) is 10.0. The monoisotopic (exact) mass is 353 g/mol. The number of hydrogen-bond acceptors (Lipinski definition) is 3. The molecule has 0 heterocycles. The van der Waals surface area contributed by atoms with Crippen LogP contribution in [0.4, 0.5) is 8.78 Å². The summed E-state index contributed by atoms with van der Waals surface area (Å²) >= 11 is 3.03. The van der Waals surface area contributed by atoms with Crippen molar-refractivity contribution in [2.24, 2.45) is 0 Å². The molecule has 0 unspecified atom stereocenters. The van der Waals surface area contributed by atoms with E-state index in [1.54, 1.807) is 24.3 Å². The highest BCUT2D eigenvalue weighted by Crippen LogP contribution is 2.29. The van der Waals surface area contributed by atoms with E-state index in [9.17, 15) is 8.78 Å². The Kier molecular flexibility index (Phi) is 5.12. The molecule has 0 amide bonds. The van der Waals surface area contributed by atoms with Gasteiger partial charge in [-0.1, -0.05) is 12.1 Å². The molecule has 108 valence electrons. The molecule has 0 N–H and O–H groups in total. The van der Waals surface area contributed by atoms with Gasteiger partial charge in [0.2, 0.25) is 0 Å². The fourth-order valence-electron chi connectivity index (χ4n) is 1.65. The Morgan fingerprint density at radius 3 is 2.52 bits per heavy atom. The number of halogens is 3. The summed E-state index contributed by atoms with van der Waals surface area (Å²) in [4.78, 5) is 0. The molecule has 0 aliphatic rings. The SMILES string of the molecule is N#Cc1ccccc1OCCOc1c(F)cc(F)cc1Br. The van der Waals surface area contributed by atoms with Crippen molar-refractivity contribution in [3.8, 4) is 17.6 Å². The van der Waals surface area contributed by atoms with Crippen LogP contribution in [0.1, 0.15) is 5.56 Å². The van der Waals surface area contributed by atoms with E-state index in [0.29, 0.717) is 11.3 Å². The van der Waals surface area contributed by atoms with Crippen LogP contribution in [0, 0.1) is 23.0 Å². The summed E-state index contributed by atoms with van der Waals surface area (Å²) < 4.78 is 37.2. The topological polar surface area (TPSA) is 42.2 Å². The lowest BCUT2D eigenvalue weighted by Gasteiger charge is -2.11. The van der Waals surface area contributed by atoms with Crippen LogP contribution in [0.25, 0.3) is 0 Å². The zero-order valence-electron chi connectivity index (χ0n) is 10.8. The van der Waals surface area contributed by atoms with E-state index in [1.165, 1.54) is 0 Å². The average molecular weight is 354 g/mol. The van der Waals surface area contributed by atoms with Crippen LogP contribution in [-0.2, 0) is 0 Å². The van der Waals surface area contributed by atoms with Crippen LogP contribution in [0.15, 0.2) is 40.9 Å². The van der Waals surface area contributed by atoms with Gasteiger partial charge in [-0.25, -0.2) is 8.78 Å². The van der Waals surface area contributed by atoms with Crippen molar-refractivity contribution in [1.29, 1.82) is 5.26 Å². The summed E-state index contributed by atoms with van der Waals surface area (Å²) in [5, 5.41) is 8.90.